The van der Waals surface area contributed by atoms with Crippen LogP contribution in [-0.2, 0) is 6.18 Å². The number of nitrogens with zero attached hydrogens (tertiary/aromatic N) is 2. The Labute approximate surface area is 157 Å². The van der Waals surface area contributed by atoms with Crippen LogP contribution in [0.1, 0.15) is 16.1 Å². The van der Waals surface area contributed by atoms with Crippen molar-refractivity contribution in [3.8, 4) is 0 Å². The Morgan fingerprint density at radius 2 is 1.78 bits per heavy atom. The molecule has 2 aromatic carbocycles. The van der Waals surface area contributed by atoms with Gasteiger partial charge in [0.2, 0.25) is 5.95 Å². The first kappa shape index (κ1) is 18.7. The normalized spacial score (nSPS) is 11.1. The molecule has 0 aliphatic carbocycles. The lowest BCUT2D eigenvalue weighted by Crippen LogP contribution is -2.14. The third-order valence-corrected chi connectivity index (χ3v) is 3.79. The molecule has 0 radical (unpaired) electrons. The predicted molar refractivity (Wildman–Crippen MR) is 96.2 cm³/mol. The van der Waals surface area contributed by atoms with E-state index in [0.717, 1.165) is 18.2 Å². The molecule has 0 saturated heterocycles. The summed E-state index contributed by atoms with van der Waals surface area (Å²) in [5.74, 6) is -0.543. The maximum absolute atomic E-state index is 12.9. The molecule has 3 rings (SSSR count). The van der Waals surface area contributed by atoms with Crippen molar-refractivity contribution in [2.45, 2.75) is 6.18 Å². The van der Waals surface area contributed by atoms with E-state index in [0.29, 0.717) is 5.69 Å². The zero-order chi connectivity index (χ0) is 19.4. The molecule has 2 N–H and O–H groups in total. The fourth-order valence-electron chi connectivity index (χ4n) is 2.18. The molecular weight excluding hydrogens is 381 g/mol. The summed E-state index contributed by atoms with van der Waals surface area (Å²) in [7, 11) is 0. The zero-order valence-electron chi connectivity index (χ0n) is 13.6. The lowest BCUT2D eigenvalue weighted by Gasteiger charge is -2.12. The standard InChI is InChI=1S/C18H12ClF3N4O/c19-13-7-6-11(18(20,21)22)10-15(13)26-17-23-9-8-14(25-17)16(27)24-12-4-2-1-3-5-12/h1-10H,(H,24,27)(H,23,25,26). The summed E-state index contributed by atoms with van der Waals surface area (Å²) >= 11 is 5.94. The van der Waals surface area contributed by atoms with Crippen LogP contribution in [0.2, 0.25) is 5.02 Å². The summed E-state index contributed by atoms with van der Waals surface area (Å²) < 4.78 is 38.6. The Balaban J connectivity index is 1.81. The Morgan fingerprint density at radius 3 is 2.48 bits per heavy atom. The lowest BCUT2D eigenvalue weighted by molar-refractivity contribution is -0.137. The average molecular weight is 393 g/mol. The molecule has 0 saturated carbocycles. The number of carbonyl (C=O) groups is 1. The van der Waals surface area contributed by atoms with Crippen molar-refractivity contribution in [1.29, 1.82) is 0 Å². The highest BCUT2D eigenvalue weighted by Crippen LogP contribution is 2.34. The largest absolute Gasteiger partial charge is 0.416 e. The first-order chi connectivity index (χ1) is 12.8. The van der Waals surface area contributed by atoms with Crippen LogP contribution in [0.15, 0.2) is 60.8 Å². The van der Waals surface area contributed by atoms with Crippen LogP contribution in [0, 0.1) is 0 Å². The number of carbonyl (C=O) groups excluding carboxylic acids is 1. The van der Waals surface area contributed by atoms with Crippen LogP contribution in [0.4, 0.5) is 30.5 Å². The van der Waals surface area contributed by atoms with Crippen LogP contribution in [0.25, 0.3) is 0 Å². The molecule has 9 heteroatoms. The molecule has 138 valence electrons. The molecule has 1 heterocycles. The van der Waals surface area contributed by atoms with Gasteiger partial charge in [-0.3, -0.25) is 4.79 Å². The molecule has 3 aromatic rings. The highest BCUT2D eigenvalue weighted by Gasteiger charge is 2.31. The quantitative estimate of drug-likeness (QED) is 0.644. The van der Waals surface area contributed by atoms with E-state index in [1.165, 1.54) is 12.3 Å². The van der Waals surface area contributed by atoms with Gasteiger partial charge in [-0.25, -0.2) is 9.97 Å². The number of alkyl halides is 3. The Bertz CT molecular complexity index is 964. The molecule has 0 atom stereocenters. The zero-order valence-corrected chi connectivity index (χ0v) is 14.3. The van der Waals surface area contributed by atoms with Gasteiger partial charge in [-0.15, -0.1) is 0 Å². The smallest absolute Gasteiger partial charge is 0.323 e. The van der Waals surface area contributed by atoms with Crippen molar-refractivity contribution in [2.24, 2.45) is 0 Å². The average Bonchev–Trinajstić information content (AvgIpc) is 2.64. The van der Waals surface area contributed by atoms with Crippen LogP contribution >= 0.6 is 11.6 Å². The van der Waals surface area contributed by atoms with Crippen molar-refractivity contribution in [3.63, 3.8) is 0 Å². The molecule has 27 heavy (non-hydrogen) atoms. The molecular formula is C18H12ClF3N4O. The van der Waals surface area contributed by atoms with E-state index in [2.05, 4.69) is 20.6 Å². The molecule has 5 nitrogen and oxygen atoms in total. The second-order valence-electron chi connectivity index (χ2n) is 5.40. The molecule has 0 bridgehead atoms. The van der Waals surface area contributed by atoms with Crippen LogP contribution in [0.5, 0.6) is 0 Å². The number of amides is 1. The molecule has 0 aliphatic rings. The van der Waals surface area contributed by atoms with Crippen molar-refractivity contribution in [1.82, 2.24) is 9.97 Å². The van der Waals surface area contributed by atoms with Crippen LogP contribution in [-0.4, -0.2) is 15.9 Å². The number of para-hydroxylation sites is 1. The van der Waals surface area contributed by atoms with Gasteiger partial charge < -0.3 is 10.6 Å². The number of aromatic nitrogens is 2. The maximum atomic E-state index is 12.9. The second kappa shape index (κ2) is 7.63. The van der Waals surface area contributed by atoms with Crippen LogP contribution in [0.3, 0.4) is 0 Å². The molecule has 1 amide bonds. The minimum atomic E-state index is -4.51. The minimum absolute atomic E-state index is 0.0212. The topological polar surface area (TPSA) is 66.9 Å². The summed E-state index contributed by atoms with van der Waals surface area (Å²) in [5, 5.41) is 5.33. The van der Waals surface area contributed by atoms with E-state index in [4.69, 9.17) is 11.6 Å². The fourth-order valence-corrected chi connectivity index (χ4v) is 2.34. The van der Waals surface area contributed by atoms with Crippen LogP contribution < -0.4 is 10.6 Å². The van der Waals surface area contributed by atoms with E-state index < -0.39 is 17.6 Å². The van der Waals surface area contributed by atoms with Gasteiger partial charge in [-0.1, -0.05) is 29.8 Å². The molecule has 0 spiro atoms. The van der Waals surface area contributed by atoms with Gasteiger partial charge in [0.25, 0.3) is 5.91 Å². The highest BCUT2D eigenvalue weighted by atomic mass is 35.5. The summed E-state index contributed by atoms with van der Waals surface area (Å²) in [6, 6.07) is 13.0. The monoisotopic (exact) mass is 392 g/mol. The van der Waals surface area contributed by atoms with Crippen molar-refractivity contribution in [2.75, 3.05) is 10.6 Å². The summed E-state index contributed by atoms with van der Waals surface area (Å²) in [5.41, 5.74) is -0.268. The van der Waals surface area contributed by atoms with Crippen molar-refractivity contribution in [3.05, 3.63) is 77.1 Å². The number of hydrogen-bond acceptors (Lipinski definition) is 4. The molecule has 0 aliphatic heterocycles. The predicted octanol–water partition coefficient (Wildman–Crippen LogP) is 5.14. The van der Waals surface area contributed by atoms with Crippen molar-refractivity contribution < 1.29 is 18.0 Å². The minimum Gasteiger partial charge on any atom is -0.323 e. The molecule has 0 unspecified atom stereocenters. The number of halogens is 4. The van der Waals surface area contributed by atoms with Gasteiger partial charge in [-0.2, -0.15) is 13.2 Å². The van der Waals surface area contributed by atoms with E-state index in [-0.39, 0.29) is 22.4 Å². The summed E-state index contributed by atoms with van der Waals surface area (Å²) in [6.07, 6.45) is -3.20. The number of anilines is 3. The van der Waals surface area contributed by atoms with E-state index in [9.17, 15) is 18.0 Å². The van der Waals surface area contributed by atoms with E-state index in [1.807, 2.05) is 0 Å². The Hall–Kier alpha value is -3.13. The number of hydrogen-bond donors (Lipinski definition) is 2. The second-order valence-corrected chi connectivity index (χ2v) is 5.81. The Kier molecular flexibility index (Phi) is 5.27. The van der Waals surface area contributed by atoms with Gasteiger partial charge >= 0.3 is 6.18 Å². The number of nitrogens with one attached hydrogen (secondary N) is 2. The first-order valence-electron chi connectivity index (χ1n) is 7.66. The number of rotatable bonds is 4. The molecule has 1 aromatic heterocycles. The Morgan fingerprint density at radius 1 is 1.04 bits per heavy atom. The molecule has 0 fully saturated rings. The SMILES string of the molecule is O=C(Nc1ccccc1)c1ccnc(Nc2cc(C(F)(F)F)ccc2Cl)n1. The third-order valence-electron chi connectivity index (χ3n) is 3.46. The van der Waals surface area contributed by atoms with Gasteiger partial charge in [0, 0.05) is 11.9 Å². The first-order valence-corrected chi connectivity index (χ1v) is 8.04. The van der Waals surface area contributed by atoms with Gasteiger partial charge in [-0.05, 0) is 36.4 Å². The third kappa shape index (κ3) is 4.73. The highest BCUT2D eigenvalue weighted by molar-refractivity contribution is 6.33. The van der Waals surface area contributed by atoms with Gasteiger partial charge in [0.1, 0.15) is 5.69 Å². The fraction of sp³-hybridized carbons (Fsp3) is 0.0556. The van der Waals surface area contributed by atoms with Gasteiger partial charge in [0.05, 0.1) is 16.3 Å². The van der Waals surface area contributed by atoms with Gasteiger partial charge in [0.15, 0.2) is 0 Å². The summed E-state index contributed by atoms with van der Waals surface area (Å²) in [4.78, 5) is 20.2. The van der Waals surface area contributed by atoms with E-state index in [1.54, 1.807) is 30.3 Å². The lowest BCUT2D eigenvalue weighted by atomic mass is 10.2. The number of benzene rings is 2. The van der Waals surface area contributed by atoms with Crippen molar-refractivity contribution >= 4 is 34.8 Å². The summed E-state index contributed by atoms with van der Waals surface area (Å²) in [6.45, 7) is 0. The maximum Gasteiger partial charge on any atom is 0.416 e. The van der Waals surface area contributed by atoms with E-state index >= 15 is 0 Å².